The Morgan fingerprint density at radius 3 is 2.33 bits per heavy atom. The van der Waals surface area contributed by atoms with Crippen LogP contribution in [0, 0.1) is 5.82 Å². The first kappa shape index (κ1) is 29.9. The van der Waals surface area contributed by atoms with Gasteiger partial charge in [-0.05, 0) is 65.2 Å². The molecule has 4 aromatic carbocycles. The molecular formula is C34H33FN6O4. The number of carbonyl (C=O) groups is 3. The number of hydrogen-bond donors (Lipinski definition) is 5. The number of piperazine rings is 1. The normalized spacial score (nSPS) is 13.8. The van der Waals surface area contributed by atoms with Gasteiger partial charge in [-0.3, -0.25) is 19.3 Å². The van der Waals surface area contributed by atoms with E-state index in [2.05, 4.69) is 15.2 Å². The summed E-state index contributed by atoms with van der Waals surface area (Å²) in [5, 5.41) is 13.6. The fourth-order valence-electron chi connectivity index (χ4n) is 6.05. The lowest BCUT2D eigenvalue weighted by Gasteiger charge is -2.34. The molecule has 10 nitrogen and oxygen atoms in total. The SMILES string of the molecule is NCc1c(NC(=O)c2ccc(F)cc2)cccc1-c1ccc(C(N)=O)c2[nH]c3cc(C(=O)N4CCN(CCO)CC4)ccc3c12. The summed E-state index contributed by atoms with van der Waals surface area (Å²) in [6.07, 6.45) is 0. The van der Waals surface area contributed by atoms with E-state index < -0.39 is 17.6 Å². The summed E-state index contributed by atoms with van der Waals surface area (Å²) in [5.41, 5.74) is 17.0. The van der Waals surface area contributed by atoms with Crippen molar-refractivity contribution in [3.05, 3.63) is 101 Å². The fourth-order valence-corrected chi connectivity index (χ4v) is 6.05. The maximum atomic E-state index is 13.4. The van der Waals surface area contributed by atoms with Crippen LogP contribution >= 0.6 is 0 Å². The number of H-pyrrole nitrogens is 1. The Morgan fingerprint density at radius 1 is 0.911 bits per heavy atom. The molecule has 0 bridgehead atoms. The first-order chi connectivity index (χ1) is 21.8. The van der Waals surface area contributed by atoms with Crippen molar-refractivity contribution < 1.29 is 23.9 Å². The number of aromatic amines is 1. The van der Waals surface area contributed by atoms with Gasteiger partial charge in [0.15, 0.2) is 0 Å². The summed E-state index contributed by atoms with van der Waals surface area (Å²) < 4.78 is 13.4. The highest BCUT2D eigenvalue weighted by atomic mass is 19.1. The van der Waals surface area contributed by atoms with Crippen molar-refractivity contribution in [2.24, 2.45) is 11.5 Å². The van der Waals surface area contributed by atoms with Crippen LogP contribution in [0.2, 0.25) is 0 Å². The van der Waals surface area contributed by atoms with Gasteiger partial charge in [0.1, 0.15) is 5.82 Å². The summed E-state index contributed by atoms with van der Waals surface area (Å²) in [7, 11) is 0. The van der Waals surface area contributed by atoms with E-state index in [0.29, 0.717) is 71.7 Å². The number of fused-ring (bicyclic) bond motifs is 3. The van der Waals surface area contributed by atoms with E-state index in [0.717, 1.165) is 21.9 Å². The van der Waals surface area contributed by atoms with Gasteiger partial charge < -0.3 is 31.8 Å². The molecule has 0 atom stereocenters. The highest BCUT2D eigenvalue weighted by molar-refractivity contribution is 6.20. The quantitative estimate of drug-likeness (QED) is 0.181. The number of nitrogens with zero attached hydrogens (tertiary/aromatic N) is 2. The molecular weight excluding hydrogens is 575 g/mol. The van der Waals surface area contributed by atoms with Crippen molar-refractivity contribution in [1.82, 2.24) is 14.8 Å². The lowest BCUT2D eigenvalue weighted by atomic mass is 9.92. The minimum atomic E-state index is -0.602. The topological polar surface area (TPSA) is 158 Å². The van der Waals surface area contributed by atoms with E-state index in [-0.39, 0.29) is 19.1 Å². The summed E-state index contributed by atoms with van der Waals surface area (Å²) in [6.45, 7) is 3.29. The number of β-amino-alcohol motifs (C(OH)–C–C–N with tert-alkyl or cyclic N) is 1. The molecule has 1 aliphatic heterocycles. The van der Waals surface area contributed by atoms with Gasteiger partial charge in [-0.25, -0.2) is 4.39 Å². The van der Waals surface area contributed by atoms with Gasteiger partial charge in [-0.2, -0.15) is 0 Å². The Kier molecular flexibility index (Phi) is 8.31. The highest BCUT2D eigenvalue weighted by Gasteiger charge is 2.24. The number of hydrogen-bond acceptors (Lipinski definition) is 6. The number of aromatic nitrogens is 1. The van der Waals surface area contributed by atoms with Crippen LogP contribution in [-0.4, -0.2) is 76.9 Å². The molecule has 230 valence electrons. The van der Waals surface area contributed by atoms with Gasteiger partial charge in [-0.1, -0.05) is 24.3 Å². The molecule has 5 aromatic rings. The summed E-state index contributed by atoms with van der Waals surface area (Å²) in [5.74, 6) is -1.54. The number of rotatable bonds is 8. The largest absolute Gasteiger partial charge is 0.395 e. The lowest BCUT2D eigenvalue weighted by molar-refractivity contribution is 0.0615. The zero-order valence-corrected chi connectivity index (χ0v) is 24.5. The molecule has 0 spiro atoms. The van der Waals surface area contributed by atoms with Gasteiger partial charge in [0.05, 0.1) is 17.7 Å². The number of aliphatic hydroxyl groups excluding tert-OH is 1. The van der Waals surface area contributed by atoms with Crippen molar-refractivity contribution in [2.45, 2.75) is 6.54 Å². The second kappa shape index (κ2) is 12.5. The molecule has 1 aromatic heterocycles. The van der Waals surface area contributed by atoms with Crippen LogP contribution in [0.15, 0.2) is 72.8 Å². The van der Waals surface area contributed by atoms with Crippen molar-refractivity contribution in [1.29, 1.82) is 0 Å². The Bertz CT molecular complexity index is 1930. The Labute approximate surface area is 258 Å². The molecule has 11 heteroatoms. The second-order valence-corrected chi connectivity index (χ2v) is 11.0. The predicted octanol–water partition coefficient (Wildman–Crippen LogP) is 3.69. The minimum absolute atomic E-state index is 0.0853. The van der Waals surface area contributed by atoms with E-state index in [1.165, 1.54) is 24.3 Å². The third-order valence-electron chi connectivity index (χ3n) is 8.37. The molecule has 0 radical (unpaired) electrons. The zero-order valence-electron chi connectivity index (χ0n) is 24.5. The molecule has 1 fully saturated rings. The first-order valence-corrected chi connectivity index (χ1v) is 14.7. The molecule has 0 unspecified atom stereocenters. The smallest absolute Gasteiger partial charge is 0.255 e. The van der Waals surface area contributed by atoms with Crippen LogP contribution in [-0.2, 0) is 6.54 Å². The fraction of sp³-hybridized carbons (Fsp3) is 0.206. The molecule has 2 heterocycles. The lowest BCUT2D eigenvalue weighted by Crippen LogP contribution is -2.49. The number of nitrogens with two attached hydrogens (primary N) is 2. The minimum Gasteiger partial charge on any atom is -0.395 e. The van der Waals surface area contributed by atoms with Crippen molar-refractivity contribution in [2.75, 3.05) is 44.6 Å². The summed E-state index contributed by atoms with van der Waals surface area (Å²) in [6, 6.07) is 19.6. The summed E-state index contributed by atoms with van der Waals surface area (Å²) >= 11 is 0. The van der Waals surface area contributed by atoms with Gasteiger partial charge in [0.25, 0.3) is 17.7 Å². The molecule has 0 saturated carbocycles. The van der Waals surface area contributed by atoms with Crippen LogP contribution in [0.3, 0.4) is 0 Å². The molecule has 1 saturated heterocycles. The van der Waals surface area contributed by atoms with Gasteiger partial charge in [-0.15, -0.1) is 0 Å². The highest BCUT2D eigenvalue weighted by Crippen LogP contribution is 2.39. The third-order valence-corrected chi connectivity index (χ3v) is 8.37. The van der Waals surface area contributed by atoms with Crippen LogP contribution < -0.4 is 16.8 Å². The maximum absolute atomic E-state index is 13.4. The number of anilines is 1. The summed E-state index contributed by atoms with van der Waals surface area (Å²) in [4.78, 5) is 46.1. The molecule has 3 amide bonds. The first-order valence-electron chi connectivity index (χ1n) is 14.7. The molecule has 6 rings (SSSR count). The number of aliphatic hydroxyl groups is 1. The Balaban J connectivity index is 1.41. The zero-order chi connectivity index (χ0) is 31.7. The van der Waals surface area contributed by atoms with E-state index in [1.54, 1.807) is 41.3 Å². The average molecular weight is 609 g/mol. The number of carbonyl (C=O) groups excluding carboxylic acids is 3. The van der Waals surface area contributed by atoms with E-state index >= 15 is 0 Å². The Morgan fingerprint density at radius 2 is 1.64 bits per heavy atom. The van der Waals surface area contributed by atoms with Crippen LogP contribution in [0.4, 0.5) is 10.1 Å². The molecule has 1 aliphatic rings. The monoisotopic (exact) mass is 608 g/mol. The van der Waals surface area contributed by atoms with Crippen molar-refractivity contribution in [3.8, 4) is 11.1 Å². The van der Waals surface area contributed by atoms with E-state index in [9.17, 15) is 23.9 Å². The van der Waals surface area contributed by atoms with Gasteiger partial charge >= 0.3 is 0 Å². The number of nitrogens with one attached hydrogen (secondary N) is 2. The number of amides is 3. The van der Waals surface area contributed by atoms with Crippen molar-refractivity contribution >= 4 is 45.2 Å². The number of halogens is 1. The van der Waals surface area contributed by atoms with Gasteiger partial charge in [0, 0.05) is 72.4 Å². The third kappa shape index (κ3) is 5.76. The molecule has 7 N–H and O–H groups in total. The Hall–Kier alpha value is -5.10. The maximum Gasteiger partial charge on any atom is 0.255 e. The van der Waals surface area contributed by atoms with E-state index in [4.69, 9.17) is 11.5 Å². The van der Waals surface area contributed by atoms with Crippen LogP contribution in [0.1, 0.15) is 36.6 Å². The molecule has 0 aliphatic carbocycles. The van der Waals surface area contributed by atoms with Crippen LogP contribution in [0.25, 0.3) is 32.9 Å². The molecule has 45 heavy (non-hydrogen) atoms. The average Bonchev–Trinajstić information content (AvgIpc) is 3.43. The standard InChI is InChI=1S/C34H33FN6O4/c35-22-7-4-20(5-8-22)33(44)39-28-3-1-2-23(27(28)19-36)24-10-11-26(32(37)43)31-30(24)25-9-6-21(18-29(25)38-31)34(45)41-14-12-40(13-15-41)16-17-42/h1-11,18,38,42H,12-17,19,36H2,(H2,37,43)(H,39,44). The van der Waals surface area contributed by atoms with Crippen molar-refractivity contribution in [3.63, 3.8) is 0 Å². The van der Waals surface area contributed by atoms with E-state index in [1.807, 2.05) is 12.1 Å². The second-order valence-electron chi connectivity index (χ2n) is 11.0. The number of primary amides is 1. The number of benzene rings is 4. The van der Waals surface area contributed by atoms with Gasteiger partial charge in [0.2, 0.25) is 0 Å². The van der Waals surface area contributed by atoms with Crippen LogP contribution in [0.5, 0.6) is 0 Å². The predicted molar refractivity (Wildman–Crippen MR) is 171 cm³/mol.